The summed E-state index contributed by atoms with van der Waals surface area (Å²) >= 11 is 5.00. The second-order valence-electron chi connectivity index (χ2n) is 4.25. The summed E-state index contributed by atoms with van der Waals surface area (Å²) in [4.78, 5) is 15.7. The molecule has 2 rings (SSSR count). The number of thiophene rings is 1. The van der Waals surface area contributed by atoms with Crippen LogP contribution in [0, 0.1) is 0 Å². The number of halogens is 1. The standard InChI is InChI=1S/C12H15BrN4OS/c1-9(6-17-3-2-14-8-17)16-12(18)15-5-10-4-11(13)19-7-10/h2-4,7-9H,5-6H2,1H3,(H2,15,16,18). The third-order valence-corrected chi connectivity index (χ3v) is 4.05. The van der Waals surface area contributed by atoms with Gasteiger partial charge >= 0.3 is 6.03 Å². The maximum Gasteiger partial charge on any atom is 0.315 e. The highest BCUT2D eigenvalue weighted by atomic mass is 79.9. The fourth-order valence-electron chi connectivity index (χ4n) is 1.65. The molecular weight excluding hydrogens is 328 g/mol. The zero-order valence-electron chi connectivity index (χ0n) is 10.5. The van der Waals surface area contributed by atoms with E-state index in [-0.39, 0.29) is 12.1 Å². The Morgan fingerprint density at radius 1 is 1.63 bits per heavy atom. The zero-order valence-corrected chi connectivity index (χ0v) is 12.9. The first-order valence-electron chi connectivity index (χ1n) is 5.86. The van der Waals surface area contributed by atoms with Gasteiger partial charge in [-0.25, -0.2) is 9.78 Å². The number of imidazole rings is 1. The van der Waals surface area contributed by atoms with Crippen LogP contribution in [0.5, 0.6) is 0 Å². The number of urea groups is 1. The second-order valence-corrected chi connectivity index (χ2v) is 6.54. The van der Waals surface area contributed by atoms with Gasteiger partial charge in [-0.05, 0) is 39.9 Å². The molecule has 5 nitrogen and oxygen atoms in total. The normalized spacial score (nSPS) is 12.1. The molecule has 19 heavy (non-hydrogen) atoms. The summed E-state index contributed by atoms with van der Waals surface area (Å²) in [6.45, 7) is 3.20. The van der Waals surface area contributed by atoms with Crippen LogP contribution in [-0.4, -0.2) is 21.6 Å². The molecule has 2 amide bonds. The van der Waals surface area contributed by atoms with Crippen LogP contribution in [-0.2, 0) is 13.1 Å². The Bertz CT molecular complexity index is 526. The van der Waals surface area contributed by atoms with Gasteiger partial charge in [0.1, 0.15) is 0 Å². The molecule has 0 aliphatic heterocycles. The highest BCUT2D eigenvalue weighted by Crippen LogP contribution is 2.20. The number of aromatic nitrogens is 2. The van der Waals surface area contributed by atoms with Crippen LogP contribution >= 0.6 is 27.3 Å². The minimum absolute atomic E-state index is 0.0448. The van der Waals surface area contributed by atoms with Crippen LogP contribution in [0.3, 0.4) is 0 Å². The molecule has 0 saturated carbocycles. The van der Waals surface area contributed by atoms with Crippen molar-refractivity contribution in [1.29, 1.82) is 0 Å². The highest BCUT2D eigenvalue weighted by Gasteiger charge is 2.07. The SMILES string of the molecule is CC(Cn1ccnc1)NC(=O)NCc1csc(Br)c1. The van der Waals surface area contributed by atoms with Gasteiger partial charge in [0.25, 0.3) is 0 Å². The number of carbonyl (C=O) groups excluding carboxylic acids is 1. The molecule has 0 radical (unpaired) electrons. The number of carbonyl (C=O) groups is 1. The summed E-state index contributed by atoms with van der Waals surface area (Å²) in [5.41, 5.74) is 1.09. The van der Waals surface area contributed by atoms with E-state index in [4.69, 9.17) is 0 Å². The summed E-state index contributed by atoms with van der Waals surface area (Å²) in [6.07, 6.45) is 5.33. The van der Waals surface area contributed by atoms with E-state index < -0.39 is 0 Å². The summed E-state index contributed by atoms with van der Waals surface area (Å²) in [5.74, 6) is 0. The molecule has 0 spiro atoms. The van der Waals surface area contributed by atoms with Gasteiger partial charge in [0, 0.05) is 31.5 Å². The molecule has 0 aromatic carbocycles. The molecule has 7 heteroatoms. The van der Waals surface area contributed by atoms with Gasteiger partial charge < -0.3 is 15.2 Å². The van der Waals surface area contributed by atoms with Crippen LogP contribution in [0.25, 0.3) is 0 Å². The van der Waals surface area contributed by atoms with Gasteiger partial charge in [-0.2, -0.15) is 0 Å². The lowest BCUT2D eigenvalue weighted by Crippen LogP contribution is -2.42. The van der Waals surface area contributed by atoms with Crippen LogP contribution in [0.2, 0.25) is 0 Å². The summed E-state index contributed by atoms with van der Waals surface area (Å²) < 4.78 is 3.00. The molecule has 2 N–H and O–H groups in total. The minimum Gasteiger partial charge on any atom is -0.335 e. The Kier molecular flexibility index (Phi) is 4.98. The fourth-order valence-corrected chi connectivity index (χ4v) is 2.86. The van der Waals surface area contributed by atoms with E-state index in [0.29, 0.717) is 13.1 Å². The topological polar surface area (TPSA) is 59.0 Å². The van der Waals surface area contributed by atoms with Crippen LogP contribution in [0.4, 0.5) is 4.79 Å². The Morgan fingerprint density at radius 2 is 2.47 bits per heavy atom. The third-order valence-electron chi connectivity index (χ3n) is 2.50. The monoisotopic (exact) mass is 342 g/mol. The predicted octanol–water partition coefficient (Wildman–Crippen LogP) is 2.60. The molecule has 2 heterocycles. The summed E-state index contributed by atoms with van der Waals surface area (Å²) in [6, 6.07) is 1.89. The van der Waals surface area contributed by atoms with Crippen molar-refractivity contribution in [3.05, 3.63) is 39.5 Å². The number of hydrogen-bond acceptors (Lipinski definition) is 3. The molecule has 1 atom stereocenters. The molecule has 102 valence electrons. The first-order chi connectivity index (χ1) is 9.13. The molecule has 2 aromatic heterocycles. The molecular formula is C12H15BrN4OS. The van der Waals surface area contributed by atoms with Crippen molar-refractivity contribution in [2.75, 3.05) is 0 Å². The van der Waals surface area contributed by atoms with Gasteiger partial charge in [0.15, 0.2) is 0 Å². The lowest BCUT2D eigenvalue weighted by molar-refractivity contribution is 0.236. The lowest BCUT2D eigenvalue weighted by atomic mass is 10.3. The van der Waals surface area contributed by atoms with Gasteiger partial charge in [0.05, 0.1) is 10.1 Å². The Morgan fingerprint density at radius 3 is 3.11 bits per heavy atom. The number of nitrogens with one attached hydrogen (secondary N) is 2. The van der Waals surface area contributed by atoms with E-state index in [9.17, 15) is 4.79 Å². The first-order valence-corrected chi connectivity index (χ1v) is 7.54. The van der Waals surface area contributed by atoms with E-state index in [1.807, 2.05) is 29.1 Å². The average molecular weight is 343 g/mol. The Balaban J connectivity index is 1.71. The van der Waals surface area contributed by atoms with Crippen molar-refractivity contribution in [1.82, 2.24) is 20.2 Å². The average Bonchev–Trinajstić information content (AvgIpc) is 2.98. The van der Waals surface area contributed by atoms with Crippen molar-refractivity contribution in [3.8, 4) is 0 Å². The van der Waals surface area contributed by atoms with E-state index in [0.717, 1.165) is 9.35 Å². The fraction of sp³-hybridized carbons (Fsp3) is 0.333. The maximum atomic E-state index is 11.7. The number of amides is 2. The molecule has 0 aliphatic rings. The first kappa shape index (κ1) is 14.1. The molecule has 2 aromatic rings. The quantitative estimate of drug-likeness (QED) is 0.877. The van der Waals surface area contributed by atoms with Crippen LogP contribution in [0.1, 0.15) is 12.5 Å². The number of rotatable bonds is 5. The Hall–Kier alpha value is -1.34. The van der Waals surface area contributed by atoms with Gasteiger partial charge in [0.2, 0.25) is 0 Å². The lowest BCUT2D eigenvalue weighted by Gasteiger charge is -2.14. The predicted molar refractivity (Wildman–Crippen MR) is 79.1 cm³/mol. The van der Waals surface area contributed by atoms with Crippen molar-refractivity contribution >= 4 is 33.3 Å². The van der Waals surface area contributed by atoms with Crippen molar-refractivity contribution in [2.24, 2.45) is 0 Å². The smallest absolute Gasteiger partial charge is 0.315 e. The van der Waals surface area contributed by atoms with Gasteiger partial charge in [-0.15, -0.1) is 11.3 Å². The molecule has 0 aliphatic carbocycles. The number of hydrogen-bond donors (Lipinski definition) is 2. The summed E-state index contributed by atoms with van der Waals surface area (Å²) in [7, 11) is 0. The van der Waals surface area contributed by atoms with E-state index in [1.54, 1.807) is 23.9 Å². The third kappa shape index (κ3) is 4.68. The molecule has 0 fully saturated rings. The van der Waals surface area contributed by atoms with Crippen molar-refractivity contribution < 1.29 is 4.79 Å². The van der Waals surface area contributed by atoms with Crippen molar-refractivity contribution in [3.63, 3.8) is 0 Å². The van der Waals surface area contributed by atoms with Crippen LogP contribution < -0.4 is 10.6 Å². The van der Waals surface area contributed by atoms with Crippen LogP contribution in [0.15, 0.2) is 34.0 Å². The van der Waals surface area contributed by atoms with E-state index >= 15 is 0 Å². The zero-order chi connectivity index (χ0) is 13.7. The highest BCUT2D eigenvalue weighted by molar-refractivity contribution is 9.11. The second kappa shape index (κ2) is 6.72. The molecule has 1 unspecified atom stereocenters. The van der Waals surface area contributed by atoms with E-state index in [2.05, 4.69) is 31.5 Å². The van der Waals surface area contributed by atoms with Gasteiger partial charge in [-0.1, -0.05) is 0 Å². The largest absolute Gasteiger partial charge is 0.335 e. The molecule has 0 saturated heterocycles. The van der Waals surface area contributed by atoms with Crippen molar-refractivity contribution in [2.45, 2.75) is 26.1 Å². The van der Waals surface area contributed by atoms with Gasteiger partial charge in [-0.3, -0.25) is 0 Å². The van der Waals surface area contributed by atoms with E-state index in [1.165, 1.54) is 0 Å². The minimum atomic E-state index is -0.157. The molecule has 0 bridgehead atoms. The Labute approximate surface area is 124 Å². The maximum absolute atomic E-state index is 11.7. The summed E-state index contributed by atoms with van der Waals surface area (Å²) in [5, 5.41) is 7.74. The number of nitrogens with zero attached hydrogens (tertiary/aromatic N) is 2.